The largest absolute Gasteiger partial charge is 0.338 e. The van der Waals surface area contributed by atoms with Gasteiger partial charge in [-0.15, -0.1) is 11.3 Å². The molecule has 23 heavy (non-hydrogen) atoms. The number of fused-ring (bicyclic) bond motifs is 1. The second kappa shape index (κ2) is 7.36. The van der Waals surface area contributed by atoms with Crippen molar-refractivity contribution in [3.63, 3.8) is 0 Å². The van der Waals surface area contributed by atoms with Crippen LogP contribution in [0.15, 0.2) is 11.1 Å². The summed E-state index contributed by atoms with van der Waals surface area (Å²) >= 11 is 1.45. The fraction of sp³-hybridized carbons (Fsp3) is 0.467. The highest BCUT2D eigenvalue weighted by atomic mass is 32.1. The standard InChI is InChI=1S/C15H20N4O3S/c1-4-5-6-16-15(22)18-11(20)7-19-8-17-13-12(14(19)21)9(2)10(3)23-13/h8H,4-7H2,1-3H3,(H2,16,18,20,22). The van der Waals surface area contributed by atoms with E-state index < -0.39 is 11.9 Å². The molecule has 0 aliphatic heterocycles. The maximum Gasteiger partial charge on any atom is 0.321 e. The molecule has 7 nitrogen and oxygen atoms in total. The fourth-order valence-electron chi connectivity index (χ4n) is 2.13. The molecule has 0 saturated carbocycles. The highest BCUT2D eigenvalue weighted by Crippen LogP contribution is 2.25. The summed E-state index contributed by atoms with van der Waals surface area (Å²) in [5, 5.41) is 5.33. The minimum atomic E-state index is -0.549. The van der Waals surface area contributed by atoms with Gasteiger partial charge < -0.3 is 5.32 Å². The number of hydrogen-bond donors (Lipinski definition) is 2. The van der Waals surface area contributed by atoms with E-state index in [2.05, 4.69) is 15.6 Å². The zero-order valence-corrected chi connectivity index (χ0v) is 14.2. The summed E-state index contributed by atoms with van der Waals surface area (Å²) in [6.07, 6.45) is 3.14. The van der Waals surface area contributed by atoms with Crippen molar-refractivity contribution in [2.45, 2.75) is 40.2 Å². The van der Waals surface area contributed by atoms with Crippen molar-refractivity contribution in [3.8, 4) is 0 Å². The summed E-state index contributed by atoms with van der Waals surface area (Å²) in [6, 6.07) is -0.548. The molecule has 0 fully saturated rings. The number of thiophene rings is 1. The summed E-state index contributed by atoms with van der Waals surface area (Å²) in [6.45, 7) is 6.07. The average molecular weight is 336 g/mol. The van der Waals surface area contributed by atoms with Crippen LogP contribution >= 0.6 is 11.3 Å². The Kier molecular flexibility index (Phi) is 5.49. The van der Waals surface area contributed by atoms with E-state index in [1.54, 1.807) is 0 Å². The quantitative estimate of drug-likeness (QED) is 0.813. The smallest absolute Gasteiger partial charge is 0.321 e. The number of unbranched alkanes of at least 4 members (excludes halogenated alkanes) is 1. The Bertz CT molecular complexity index is 794. The van der Waals surface area contributed by atoms with E-state index in [1.165, 1.54) is 22.2 Å². The molecule has 2 heterocycles. The molecule has 0 saturated heterocycles. The minimum Gasteiger partial charge on any atom is -0.338 e. The Morgan fingerprint density at radius 2 is 2.09 bits per heavy atom. The van der Waals surface area contributed by atoms with E-state index in [1.807, 2.05) is 20.8 Å². The molecule has 2 aromatic heterocycles. The summed E-state index contributed by atoms with van der Waals surface area (Å²) in [4.78, 5) is 41.8. The van der Waals surface area contributed by atoms with Crippen molar-refractivity contribution in [2.75, 3.05) is 6.54 Å². The Hall–Kier alpha value is -2.22. The Morgan fingerprint density at radius 1 is 1.35 bits per heavy atom. The third-order valence-electron chi connectivity index (χ3n) is 3.54. The molecule has 3 amide bonds. The van der Waals surface area contributed by atoms with Crippen molar-refractivity contribution in [2.24, 2.45) is 0 Å². The summed E-state index contributed by atoms with van der Waals surface area (Å²) in [7, 11) is 0. The molecule has 0 atom stereocenters. The molecule has 8 heteroatoms. The summed E-state index contributed by atoms with van der Waals surface area (Å²) in [5.41, 5.74) is 0.618. The number of amides is 3. The van der Waals surface area contributed by atoms with Gasteiger partial charge in [-0.2, -0.15) is 0 Å². The van der Waals surface area contributed by atoms with E-state index in [9.17, 15) is 14.4 Å². The van der Waals surface area contributed by atoms with Crippen LogP contribution in [0.1, 0.15) is 30.2 Å². The topological polar surface area (TPSA) is 93.1 Å². The lowest BCUT2D eigenvalue weighted by molar-refractivity contribution is -0.120. The number of aromatic nitrogens is 2. The molecule has 0 aromatic carbocycles. The number of imide groups is 1. The molecule has 0 unspecified atom stereocenters. The van der Waals surface area contributed by atoms with Gasteiger partial charge in [0.05, 0.1) is 11.7 Å². The van der Waals surface area contributed by atoms with Gasteiger partial charge in [-0.05, 0) is 25.8 Å². The van der Waals surface area contributed by atoms with Gasteiger partial charge in [-0.25, -0.2) is 9.78 Å². The van der Waals surface area contributed by atoms with Crippen LogP contribution in [0.3, 0.4) is 0 Å². The van der Waals surface area contributed by atoms with Gasteiger partial charge in [0, 0.05) is 11.4 Å². The number of nitrogens with zero attached hydrogens (tertiary/aromatic N) is 2. The van der Waals surface area contributed by atoms with Gasteiger partial charge in [0.15, 0.2) is 0 Å². The maximum atomic E-state index is 12.4. The molecular weight excluding hydrogens is 316 g/mol. The van der Waals surface area contributed by atoms with Gasteiger partial charge in [0.1, 0.15) is 11.4 Å². The number of aryl methyl sites for hydroxylation is 2. The van der Waals surface area contributed by atoms with Gasteiger partial charge in [0.25, 0.3) is 5.56 Å². The first-order valence-corrected chi connectivity index (χ1v) is 8.28. The lowest BCUT2D eigenvalue weighted by atomic mass is 10.2. The van der Waals surface area contributed by atoms with Crippen LogP contribution in [-0.2, 0) is 11.3 Å². The van der Waals surface area contributed by atoms with Gasteiger partial charge in [-0.3, -0.25) is 19.5 Å². The van der Waals surface area contributed by atoms with Crippen molar-refractivity contribution < 1.29 is 9.59 Å². The first-order chi connectivity index (χ1) is 10.9. The Morgan fingerprint density at radius 3 is 2.78 bits per heavy atom. The molecule has 0 radical (unpaired) electrons. The molecule has 2 N–H and O–H groups in total. The molecule has 2 aromatic rings. The van der Waals surface area contributed by atoms with E-state index in [-0.39, 0.29) is 12.1 Å². The predicted molar refractivity (Wildman–Crippen MR) is 89.8 cm³/mol. The van der Waals surface area contributed by atoms with E-state index in [4.69, 9.17) is 0 Å². The van der Waals surface area contributed by atoms with Crippen molar-refractivity contribution in [1.82, 2.24) is 20.2 Å². The number of carbonyl (C=O) groups excluding carboxylic acids is 2. The molecular formula is C15H20N4O3S. The SMILES string of the molecule is CCCCNC(=O)NC(=O)Cn1cnc2sc(C)c(C)c2c1=O. The first kappa shape index (κ1) is 17.1. The molecule has 0 aliphatic carbocycles. The molecule has 0 aliphatic rings. The highest BCUT2D eigenvalue weighted by Gasteiger charge is 2.14. The number of hydrogen-bond acceptors (Lipinski definition) is 5. The van der Waals surface area contributed by atoms with Crippen LogP contribution in [0.25, 0.3) is 10.2 Å². The molecule has 2 rings (SSSR count). The van der Waals surface area contributed by atoms with Crippen LogP contribution in [-0.4, -0.2) is 28.0 Å². The number of carbonyl (C=O) groups is 2. The fourth-order valence-corrected chi connectivity index (χ4v) is 3.11. The predicted octanol–water partition coefficient (Wildman–Crippen LogP) is 1.70. The van der Waals surface area contributed by atoms with Crippen LogP contribution in [0.5, 0.6) is 0 Å². The van der Waals surface area contributed by atoms with Gasteiger partial charge in [-0.1, -0.05) is 13.3 Å². The third kappa shape index (κ3) is 3.95. The monoisotopic (exact) mass is 336 g/mol. The minimum absolute atomic E-state index is 0.239. The van der Waals surface area contributed by atoms with E-state index in [0.29, 0.717) is 16.8 Å². The van der Waals surface area contributed by atoms with Crippen LogP contribution in [0, 0.1) is 13.8 Å². The summed E-state index contributed by atoms with van der Waals surface area (Å²) in [5.74, 6) is -0.549. The lowest BCUT2D eigenvalue weighted by Gasteiger charge is -2.07. The zero-order chi connectivity index (χ0) is 17.0. The molecule has 0 spiro atoms. The zero-order valence-electron chi connectivity index (χ0n) is 13.4. The van der Waals surface area contributed by atoms with Crippen LogP contribution < -0.4 is 16.2 Å². The Labute approximate surface area is 137 Å². The second-order valence-corrected chi connectivity index (χ2v) is 6.50. The maximum absolute atomic E-state index is 12.4. The molecule has 124 valence electrons. The summed E-state index contributed by atoms with van der Waals surface area (Å²) < 4.78 is 1.22. The van der Waals surface area contributed by atoms with Crippen LogP contribution in [0.2, 0.25) is 0 Å². The van der Waals surface area contributed by atoms with Gasteiger partial charge in [0.2, 0.25) is 5.91 Å². The van der Waals surface area contributed by atoms with Crippen LogP contribution in [0.4, 0.5) is 4.79 Å². The van der Waals surface area contributed by atoms with Crippen molar-refractivity contribution in [1.29, 1.82) is 0 Å². The number of rotatable bonds is 5. The third-order valence-corrected chi connectivity index (χ3v) is 4.65. The van der Waals surface area contributed by atoms with Crippen molar-refractivity contribution in [3.05, 3.63) is 27.1 Å². The second-order valence-electron chi connectivity index (χ2n) is 5.30. The number of nitrogens with one attached hydrogen (secondary N) is 2. The lowest BCUT2D eigenvalue weighted by Crippen LogP contribution is -2.42. The first-order valence-electron chi connectivity index (χ1n) is 7.46. The van der Waals surface area contributed by atoms with Gasteiger partial charge >= 0.3 is 6.03 Å². The normalized spacial score (nSPS) is 10.7. The van der Waals surface area contributed by atoms with E-state index >= 15 is 0 Å². The Balaban J connectivity index is 2.08. The average Bonchev–Trinajstić information content (AvgIpc) is 2.78. The highest BCUT2D eigenvalue weighted by molar-refractivity contribution is 7.18. The van der Waals surface area contributed by atoms with Crippen molar-refractivity contribution >= 4 is 33.5 Å². The van der Waals surface area contributed by atoms with E-state index in [0.717, 1.165) is 23.3 Å². The molecule has 0 bridgehead atoms. The number of urea groups is 1.